The van der Waals surface area contributed by atoms with Crippen molar-refractivity contribution in [3.05, 3.63) is 69.1 Å². The number of methoxy groups -OCH3 is 2. The Bertz CT molecular complexity index is 1080. The van der Waals surface area contributed by atoms with Crippen LogP contribution in [-0.2, 0) is 13.0 Å². The predicted molar refractivity (Wildman–Crippen MR) is 121 cm³/mol. The summed E-state index contributed by atoms with van der Waals surface area (Å²) in [4.78, 5) is 14.3. The summed E-state index contributed by atoms with van der Waals surface area (Å²) < 4.78 is 16.2. The summed E-state index contributed by atoms with van der Waals surface area (Å²) in [6, 6.07) is 11.8. The van der Waals surface area contributed by atoms with Gasteiger partial charge in [-0.2, -0.15) is 0 Å². The number of fused-ring (bicyclic) bond motifs is 1. The lowest BCUT2D eigenvalue weighted by atomic mass is 9.95. The van der Waals surface area contributed by atoms with Gasteiger partial charge < -0.3 is 18.8 Å². The van der Waals surface area contributed by atoms with Crippen molar-refractivity contribution in [1.29, 1.82) is 0 Å². The topological polar surface area (TPSA) is 51.9 Å². The van der Waals surface area contributed by atoms with E-state index in [2.05, 4.69) is 44.9 Å². The van der Waals surface area contributed by atoms with Crippen LogP contribution >= 0.6 is 0 Å². The summed E-state index contributed by atoms with van der Waals surface area (Å²) in [6.07, 6.45) is 0.868. The number of benzene rings is 2. The molecule has 0 saturated carbocycles. The number of ether oxygens (including phenoxy) is 2. The fourth-order valence-electron chi connectivity index (χ4n) is 3.87. The second-order valence-corrected chi connectivity index (χ2v) is 8.13. The van der Waals surface area contributed by atoms with Gasteiger partial charge in [0, 0.05) is 24.5 Å². The first kappa shape index (κ1) is 21.9. The molecule has 0 N–H and O–H groups in total. The molecule has 3 rings (SSSR count). The average molecular weight is 410 g/mol. The van der Waals surface area contributed by atoms with Crippen LogP contribution in [0.25, 0.3) is 11.0 Å². The lowest BCUT2D eigenvalue weighted by Gasteiger charge is -2.19. The maximum Gasteiger partial charge on any atom is 0.336 e. The van der Waals surface area contributed by atoms with Gasteiger partial charge >= 0.3 is 5.63 Å². The molecular weight excluding hydrogens is 378 g/mol. The van der Waals surface area contributed by atoms with Gasteiger partial charge in [-0.3, -0.25) is 0 Å². The van der Waals surface area contributed by atoms with Gasteiger partial charge in [0.2, 0.25) is 0 Å². The lowest BCUT2D eigenvalue weighted by Crippen LogP contribution is -2.21. The van der Waals surface area contributed by atoms with Gasteiger partial charge in [0.25, 0.3) is 0 Å². The van der Waals surface area contributed by atoms with E-state index in [0.29, 0.717) is 18.0 Å². The highest BCUT2D eigenvalue weighted by molar-refractivity contribution is 5.82. The zero-order valence-electron chi connectivity index (χ0n) is 18.7. The van der Waals surface area contributed by atoms with E-state index in [1.807, 2.05) is 18.2 Å². The molecule has 30 heavy (non-hydrogen) atoms. The second-order valence-electron chi connectivity index (χ2n) is 8.13. The number of likely N-dealkylation sites (N-methyl/N-ethyl adjacent to an activating group) is 1. The molecule has 1 aromatic heterocycles. The molecule has 0 fully saturated rings. The Labute approximate surface area is 178 Å². The minimum absolute atomic E-state index is 0.303. The number of hydrogen-bond acceptors (Lipinski definition) is 5. The number of hydrogen-bond donors (Lipinski definition) is 0. The Morgan fingerprint density at radius 3 is 2.43 bits per heavy atom. The van der Waals surface area contributed by atoms with Crippen molar-refractivity contribution in [2.75, 3.05) is 27.8 Å². The van der Waals surface area contributed by atoms with Crippen molar-refractivity contribution in [2.45, 2.75) is 39.7 Å². The third kappa shape index (κ3) is 4.85. The highest BCUT2D eigenvalue weighted by Crippen LogP contribution is 2.29. The van der Waals surface area contributed by atoms with Crippen molar-refractivity contribution in [1.82, 2.24) is 4.90 Å². The normalized spacial score (nSPS) is 11.5. The van der Waals surface area contributed by atoms with Crippen molar-refractivity contribution in [3.63, 3.8) is 0 Å². The minimum atomic E-state index is -0.303. The first-order valence-corrected chi connectivity index (χ1v) is 10.3. The van der Waals surface area contributed by atoms with E-state index >= 15 is 0 Å². The monoisotopic (exact) mass is 409 g/mol. The largest absolute Gasteiger partial charge is 0.493 e. The lowest BCUT2D eigenvalue weighted by molar-refractivity contribution is 0.330. The molecule has 1 heterocycles. The molecule has 0 spiro atoms. The fourth-order valence-corrected chi connectivity index (χ4v) is 3.87. The zero-order valence-corrected chi connectivity index (χ0v) is 18.7. The maximum absolute atomic E-state index is 12.1. The summed E-state index contributed by atoms with van der Waals surface area (Å²) in [5.74, 6) is 1.88. The third-order valence-corrected chi connectivity index (χ3v) is 5.51. The van der Waals surface area contributed by atoms with E-state index in [4.69, 9.17) is 13.9 Å². The van der Waals surface area contributed by atoms with Gasteiger partial charge in [-0.05, 0) is 72.8 Å². The number of nitrogens with zero attached hydrogens (tertiary/aromatic N) is 1. The molecule has 0 aliphatic rings. The fraction of sp³-hybridized carbons (Fsp3) is 0.400. The standard InChI is InChI=1S/C25H31NO4/c1-16(2)20-14-21-19(13-25(27)30-23(21)11-17(20)3)15-26(4)10-9-18-7-8-22(28-5)24(12-18)29-6/h7-8,11-14,16H,9-10,15H2,1-6H3. The Balaban J connectivity index is 1.80. The maximum atomic E-state index is 12.1. The van der Waals surface area contributed by atoms with Crippen molar-refractivity contribution in [2.24, 2.45) is 0 Å². The molecule has 2 aromatic carbocycles. The minimum Gasteiger partial charge on any atom is -0.493 e. The van der Waals surface area contributed by atoms with Crippen molar-refractivity contribution in [3.8, 4) is 11.5 Å². The molecule has 3 aromatic rings. The molecule has 0 radical (unpaired) electrons. The summed E-state index contributed by atoms with van der Waals surface area (Å²) >= 11 is 0. The Morgan fingerprint density at radius 2 is 1.77 bits per heavy atom. The smallest absolute Gasteiger partial charge is 0.336 e. The molecule has 0 atom stereocenters. The molecule has 160 valence electrons. The van der Waals surface area contributed by atoms with Gasteiger partial charge in [0.15, 0.2) is 11.5 Å². The molecule has 0 aliphatic heterocycles. The van der Waals surface area contributed by atoms with Crippen LogP contribution in [-0.4, -0.2) is 32.7 Å². The highest BCUT2D eigenvalue weighted by Gasteiger charge is 2.13. The van der Waals surface area contributed by atoms with Crippen LogP contribution in [0.2, 0.25) is 0 Å². The molecule has 5 nitrogen and oxygen atoms in total. The van der Waals surface area contributed by atoms with Gasteiger partial charge in [0.1, 0.15) is 5.58 Å². The summed E-state index contributed by atoms with van der Waals surface area (Å²) in [5.41, 5.74) is 4.97. The Morgan fingerprint density at radius 1 is 1.03 bits per heavy atom. The van der Waals surface area contributed by atoms with E-state index in [-0.39, 0.29) is 5.63 Å². The quantitative estimate of drug-likeness (QED) is 0.495. The van der Waals surface area contributed by atoms with Gasteiger partial charge in [-0.15, -0.1) is 0 Å². The van der Waals surface area contributed by atoms with Crippen LogP contribution in [0.5, 0.6) is 11.5 Å². The van der Waals surface area contributed by atoms with Crippen LogP contribution in [0, 0.1) is 6.92 Å². The second kappa shape index (κ2) is 9.35. The summed E-state index contributed by atoms with van der Waals surface area (Å²) in [5, 5.41) is 1.02. The van der Waals surface area contributed by atoms with Crippen LogP contribution in [0.4, 0.5) is 0 Å². The third-order valence-electron chi connectivity index (χ3n) is 5.51. The van der Waals surface area contributed by atoms with E-state index in [0.717, 1.165) is 41.0 Å². The molecule has 0 saturated heterocycles. The van der Waals surface area contributed by atoms with Crippen molar-refractivity contribution < 1.29 is 13.9 Å². The van der Waals surface area contributed by atoms with Gasteiger partial charge in [-0.25, -0.2) is 4.79 Å². The molecule has 5 heteroatoms. The zero-order chi connectivity index (χ0) is 21.8. The van der Waals surface area contributed by atoms with E-state index in [1.54, 1.807) is 20.3 Å². The molecule has 0 amide bonds. The van der Waals surface area contributed by atoms with Crippen LogP contribution in [0.15, 0.2) is 45.6 Å². The van der Waals surface area contributed by atoms with Gasteiger partial charge in [-0.1, -0.05) is 19.9 Å². The first-order valence-electron chi connectivity index (χ1n) is 10.3. The van der Waals surface area contributed by atoms with Crippen LogP contribution in [0.3, 0.4) is 0 Å². The van der Waals surface area contributed by atoms with E-state index in [1.165, 1.54) is 11.1 Å². The SMILES string of the molecule is COc1ccc(CCN(C)Cc2cc(=O)oc3cc(C)c(C(C)C)cc23)cc1OC. The number of aryl methyl sites for hydroxylation is 1. The summed E-state index contributed by atoms with van der Waals surface area (Å²) in [6.45, 7) is 7.96. The predicted octanol–water partition coefficient (Wildman–Crippen LogP) is 4.92. The molecule has 0 unspecified atom stereocenters. The Hall–Kier alpha value is -2.79. The van der Waals surface area contributed by atoms with Gasteiger partial charge in [0.05, 0.1) is 14.2 Å². The van der Waals surface area contributed by atoms with Crippen LogP contribution in [0.1, 0.15) is 42.0 Å². The van der Waals surface area contributed by atoms with Crippen LogP contribution < -0.4 is 15.1 Å². The number of rotatable bonds is 8. The average Bonchev–Trinajstić information content (AvgIpc) is 2.71. The highest BCUT2D eigenvalue weighted by atomic mass is 16.5. The molecular formula is C25H31NO4. The van der Waals surface area contributed by atoms with E-state index in [9.17, 15) is 4.79 Å². The first-order chi connectivity index (χ1) is 14.3. The van der Waals surface area contributed by atoms with E-state index < -0.39 is 0 Å². The van der Waals surface area contributed by atoms with Crippen molar-refractivity contribution >= 4 is 11.0 Å². The molecule has 0 aliphatic carbocycles. The molecule has 0 bridgehead atoms. The summed E-state index contributed by atoms with van der Waals surface area (Å²) in [7, 11) is 5.35. The Kier molecular flexibility index (Phi) is 6.83.